The number of phenols is 1. The van der Waals surface area contributed by atoms with Crippen molar-refractivity contribution in [3.05, 3.63) is 34.9 Å². The van der Waals surface area contributed by atoms with Crippen molar-refractivity contribution in [2.75, 3.05) is 25.0 Å². The van der Waals surface area contributed by atoms with Crippen LogP contribution in [-0.2, 0) is 4.79 Å². The van der Waals surface area contributed by atoms with Crippen molar-refractivity contribution >= 4 is 11.8 Å². The van der Waals surface area contributed by atoms with Crippen LogP contribution in [-0.4, -0.2) is 57.0 Å². The number of aromatic nitrogens is 2. The van der Waals surface area contributed by atoms with Gasteiger partial charge < -0.3 is 20.4 Å². The predicted octanol–water partition coefficient (Wildman–Crippen LogP) is 2.69. The lowest BCUT2D eigenvalue weighted by Gasteiger charge is -2.33. The molecule has 3 N–H and O–H groups in total. The summed E-state index contributed by atoms with van der Waals surface area (Å²) >= 11 is 0. The second kappa shape index (κ2) is 8.88. The van der Waals surface area contributed by atoms with Gasteiger partial charge >= 0.3 is 5.97 Å². The minimum absolute atomic E-state index is 0.0666. The van der Waals surface area contributed by atoms with Gasteiger partial charge in [-0.3, -0.25) is 4.79 Å². The number of nitriles is 1. The number of anilines is 1. The van der Waals surface area contributed by atoms with Crippen LogP contribution in [0.5, 0.6) is 5.75 Å². The van der Waals surface area contributed by atoms with E-state index in [-0.39, 0.29) is 18.2 Å². The first-order valence-corrected chi connectivity index (χ1v) is 9.67. The molecule has 3 rings (SSSR count). The average Bonchev–Trinajstić information content (AvgIpc) is 2.68. The minimum Gasteiger partial charge on any atom is -0.507 e. The Hall–Kier alpha value is -3.18. The fraction of sp³-hybridized carbons (Fsp3) is 0.429. The number of nitrogens with one attached hydrogen (secondary N) is 1. The molecule has 0 bridgehead atoms. The summed E-state index contributed by atoms with van der Waals surface area (Å²) in [6, 6.07) is 7.58. The number of piperidine rings is 1. The molecule has 1 aromatic heterocycles. The third kappa shape index (κ3) is 4.81. The van der Waals surface area contributed by atoms with Gasteiger partial charge in [0.25, 0.3) is 0 Å². The Morgan fingerprint density at radius 1 is 1.38 bits per heavy atom. The standard InChI is InChI=1S/C21H25N5O3/c1-13-5-6-16(18(27)10-13)20-14(2)17(11-22)21(25-24-20)23-15-4-3-8-26(12-15)9-7-19(28)29/h5-6,10,15,27H,3-4,7-9,12H2,1-2H3,(H,23,25)(H,28,29)/t15-/m1/s1. The quantitative estimate of drug-likeness (QED) is 0.682. The van der Waals surface area contributed by atoms with E-state index in [4.69, 9.17) is 5.11 Å². The van der Waals surface area contributed by atoms with Crippen molar-refractivity contribution in [1.29, 1.82) is 5.26 Å². The summed E-state index contributed by atoms with van der Waals surface area (Å²) in [7, 11) is 0. The molecule has 29 heavy (non-hydrogen) atoms. The summed E-state index contributed by atoms with van der Waals surface area (Å²) in [6.45, 7) is 5.76. The van der Waals surface area contributed by atoms with Crippen LogP contribution in [0, 0.1) is 25.2 Å². The average molecular weight is 395 g/mol. The van der Waals surface area contributed by atoms with Crippen LogP contribution >= 0.6 is 0 Å². The van der Waals surface area contributed by atoms with Crippen LogP contribution in [0.3, 0.4) is 0 Å². The molecule has 1 aliphatic heterocycles. The molecule has 1 fully saturated rings. The second-order valence-corrected chi connectivity index (χ2v) is 7.46. The van der Waals surface area contributed by atoms with Gasteiger partial charge in [-0.1, -0.05) is 6.07 Å². The third-order valence-electron chi connectivity index (χ3n) is 5.23. The van der Waals surface area contributed by atoms with Crippen molar-refractivity contribution in [3.8, 4) is 23.1 Å². The number of carboxylic acids is 1. The van der Waals surface area contributed by atoms with E-state index in [2.05, 4.69) is 26.5 Å². The van der Waals surface area contributed by atoms with Crippen LogP contribution in [0.1, 0.15) is 36.0 Å². The van der Waals surface area contributed by atoms with Gasteiger partial charge in [0.1, 0.15) is 23.1 Å². The zero-order valence-corrected chi connectivity index (χ0v) is 16.6. The molecule has 1 atom stereocenters. The van der Waals surface area contributed by atoms with E-state index in [1.807, 2.05) is 13.0 Å². The number of rotatable bonds is 6. The fourth-order valence-electron chi connectivity index (χ4n) is 3.68. The van der Waals surface area contributed by atoms with Crippen LogP contribution in [0.15, 0.2) is 18.2 Å². The maximum Gasteiger partial charge on any atom is 0.304 e. The Kier molecular flexibility index (Phi) is 6.29. The van der Waals surface area contributed by atoms with Crippen molar-refractivity contribution in [2.24, 2.45) is 0 Å². The van der Waals surface area contributed by atoms with Gasteiger partial charge in [0.05, 0.1) is 6.42 Å². The molecule has 0 amide bonds. The molecule has 152 valence electrons. The maximum atomic E-state index is 10.8. The number of hydrogen-bond acceptors (Lipinski definition) is 7. The van der Waals surface area contributed by atoms with Gasteiger partial charge in [-0.2, -0.15) is 5.26 Å². The molecule has 2 aromatic rings. The highest BCUT2D eigenvalue weighted by Crippen LogP contribution is 2.33. The van der Waals surface area contributed by atoms with E-state index in [9.17, 15) is 15.2 Å². The van der Waals surface area contributed by atoms with Crippen LogP contribution < -0.4 is 5.32 Å². The lowest BCUT2D eigenvalue weighted by molar-refractivity contribution is -0.137. The van der Waals surface area contributed by atoms with Gasteiger partial charge in [0, 0.05) is 24.7 Å². The highest BCUT2D eigenvalue weighted by molar-refractivity contribution is 5.74. The maximum absolute atomic E-state index is 10.8. The summed E-state index contributed by atoms with van der Waals surface area (Å²) in [4.78, 5) is 12.9. The van der Waals surface area contributed by atoms with Crippen LogP contribution in [0.25, 0.3) is 11.3 Å². The Labute approximate surface area is 169 Å². The molecule has 0 spiro atoms. The van der Waals surface area contributed by atoms with Gasteiger partial charge in [-0.15, -0.1) is 10.2 Å². The van der Waals surface area contributed by atoms with E-state index < -0.39 is 5.97 Å². The molecule has 0 saturated carbocycles. The number of aryl methyl sites for hydroxylation is 1. The summed E-state index contributed by atoms with van der Waals surface area (Å²) < 4.78 is 0. The Morgan fingerprint density at radius 2 is 2.17 bits per heavy atom. The Morgan fingerprint density at radius 3 is 2.86 bits per heavy atom. The number of benzene rings is 1. The third-order valence-corrected chi connectivity index (χ3v) is 5.23. The number of nitrogens with zero attached hydrogens (tertiary/aromatic N) is 4. The number of aliphatic carboxylic acids is 1. The van der Waals surface area contributed by atoms with E-state index in [0.717, 1.165) is 24.9 Å². The molecule has 8 nitrogen and oxygen atoms in total. The number of carboxylic acid groups (broad SMARTS) is 1. The van der Waals surface area contributed by atoms with Crippen molar-refractivity contribution in [1.82, 2.24) is 15.1 Å². The van der Waals surface area contributed by atoms with E-state index in [0.29, 0.717) is 41.3 Å². The molecular weight excluding hydrogens is 370 g/mol. The number of likely N-dealkylation sites (tertiary alicyclic amines) is 1. The smallest absolute Gasteiger partial charge is 0.304 e. The first kappa shape index (κ1) is 20.6. The molecule has 0 aliphatic carbocycles. The van der Waals surface area contributed by atoms with Gasteiger partial charge in [-0.05, 0) is 56.5 Å². The summed E-state index contributed by atoms with van der Waals surface area (Å²) in [5.74, 6) is -0.276. The van der Waals surface area contributed by atoms with Crippen molar-refractivity contribution < 1.29 is 15.0 Å². The van der Waals surface area contributed by atoms with Gasteiger partial charge in [-0.25, -0.2) is 0 Å². The number of phenolic OH excluding ortho intramolecular Hbond substituents is 1. The van der Waals surface area contributed by atoms with Crippen LogP contribution in [0.4, 0.5) is 5.82 Å². The molecule has 2 heterocycles. The van der Waals surface area contributed by atoms with E-state index >= 15 is 0 Å². The Bertz CT molecular complexity index is 954. The Balaban J connectivity index is 1.81. The highest BCUT2D eigenvalue weighted by Gasteiger charge is 2.23. The number of carbonyl (C=O) groups is 1. The monoisotopic (exact) mass is 395 g/mol. The normalized spacial score (nSPS) is 16.9. The molecule has 0 unspecified atom stereocenters. The zero-order chi connectivity index (χ0) is 21.0. The van der Waals surface area contributed by atoms with Crippen molar-refractivity contribution in [3.63, 3.8) is 0 Å². The zero-order valence-electron chi connectivity index (χ0n) is 16.6. The summed E-state index contributed by atoms with van der Waals surface area (Å²) in [6.07, 6.45) is 1.97. The van der Waals surface area contributed by atoms with E-state index in [1.54, 1.807) is 19.1 Å². The minimum atomic E-state index is -0.803. The molecular formula is C21H25N5O3. The predicted molar refractivity (Wildman–Crippen MR) is 109 cm³/mol. The van der Waals surface area contributed by atoms with Crippen molar-refractivity contribution in [2.45, 2.75) is 39.2 Å². The lowest BCUT2D eigenvalue weighted by Crippen LogP contribution is -2.43. The first-order chi connectivity index (χ1) is 13.9. The highest BCUT2D eigenvalue weighted by atomic mass is 16.4. The van der Waals surface area contributed by atoms with Gasteiger partial charge in [0.2, 0.25) is 0 Å². The molecule has 1 saturated heterocycles. The topological polar surface area (TPSA) is 122 Å². The fourth-order valence-corrected chi connectivity index (χ4v) is 3.68. The number of hydrogen-bond donors (Lipinski definition) is 3. The molecule has 1 aromatic carbocycles. The first-order valence-electron chi connectivity index (χ1n) is 9.67. The molecule has 0 radical (unpaired) electrons. The van der Waals surface area contributed by atoms with Crippen LogP contribution in [0.2, 0.25) is 0 Å². The molecule has 8 heteroatoms. The SMILES string of the molecule is Cc1ccc(-c2nnc(N[C@@H]3CCCN(CCC(=O)O)C3)c(C#N)c2C)c(O)c1. The summed E-state index contributed by atoms with van der Waals surface area (Å²) in [5.41, 5.74) is 3.01. The largest absolute Gasteiger partial charge is 0.507 e. The lowest BCUT2D eigenvalue weighted by atomic mass is 10.0. The summed E-state index contributed by atoms with van der Waals surface area (Å²) in [5, 5.41) is 40.7. The number of aromatic hydroxyl groups is 1. The van der Waals surface area contributed by atoms with E-state index in [1.165, 1.54) is 0 Å². The second-order valence-electron chi connectivity index (χ2n) is 7.46. The molecule has 1 aliphatic rings. The van der Waals surface area contributed by atoms with Gasteiger partial charge in [0.15, 0.2) is 5.82 Å².